The minimum Gasteiger partial charge on any atom is -0.477 e. The second kappa shape index (κ2) is 5.12. The third-order valence-electron chi connectivity index (χ3n) is 4.47. The fourth-order valence-electron chi connectivity index (χ4n) is 3.51. The number of aryl methyl sites for hydroxylation is 1. The molecule has 1 aliphatic heterocycles. The topological polar surface area (TPSA) is 53.4 Å². The molecule has 2 heterocycles. The molecule has 0 amide bonds. The van der Waals surface area contributed by atoms with Crippen LogP contribution in [0.5, 0.6) is 0 Å². The maximum Gasteiger partial charge on any atom is 0.347 e. The van der Waals surface area contributed by atoms with Crippen LogP contribution in [0.15, 0.2) is 0 Å². The summed E-state index contributed by atoms with van der Waals surface area (Å²) in [4.78, 5) is 18.6. The first-order chi connectivity index (χ1) is 9.20. The first-order valence-corrected chi connectivity index (χ1v) is 8.02. The zero-order valence-corrected chi connectivity index (χ0v) is 12.1. The average molecular weight is 280 g/mol. The summed E-state index contributed by atoms with van der Waals surface area (Å²) in [7, 11) is 0. The molecular weight excluding hydrogens is 260 g/mol. The van der Waals surface area contributed by atoms with E-state index in [1.807, 2.05) is 6.92 Å². The van der Waals surface area contributed by atoms with E-state index in [9.17, 15) is 9.90 Å². The number of anilines is 1. The van der Waals surface area contributed by atoms with Crippen molar-refractivity contribution in [1.29, 1.82) is 0 Å². The molecule has 2 unspecified atom stereocenters. The standard InChI is InChI=1S/C14H20N2O2S/c1-2-10-12(13(17)18)19-14(15-10)16-8-7-9-5-3-4-6-11(9)16/h9,11H,2-8H2,1H3,(H,17,18). The Bertz CT molecular complexity index is 486. The van der Waals surface area contributed by atoms with Crippen molar-refractivity contribution < 1.29 is 9.90 Å². The molecule has 1 aromatic heterocycles. The van der Waals surface area contributed by atoms with Gasteiger partial charge in [-0.15, -0.1) is 0 Å². The van der Waals surface area contributed by atoms with Gasteiger partial charge in [0.2, 0.25) is 0 Å². The highest BCUT2D eigenvalue weighted by atomic mass is 32.1. The molecule has 19 heavy (non-hydrogen) atoms. The second-order valence-corrected chi connectivity index (χ2v) is 6.50. The Balaban J connectivity index is 1.88. The summed E-state index contributed by atoms with van der Waals surface area (Å²) in [5.74, 6) is -0.0315. The fraction of sp³-hybridized carbons (Fsp3) is 0.714. The molecule has 1 aromatic rings. The van der Waals surface area contributed by atoms with Gasteiger partial charge < -0.3 is 10.0 Å². The van der Waals surface area contributed by atoms with Gasteiger partial charge in [-0.1, -0.05) is 31.1 Å². The quantitative estimate of drug-likeness (QED) is 0.924. The lowest BCUT2D eigenvalue weighted by atomic mass is 9.85. The first-order valence-electron chi connectivity index (χ1n) is 7.20. The van der Waals surface area contributed by atoms with E-state index in [0.29, 0.717) is 17.3 Å². The summed E-state index contributed by atoms with van der Waals surface area (Å²) in [6.07, 6.45) is 7.17. The Morgan fingerprint density at radius 2 is 2.21 bits per heavy atom. The summed E-state index contributed by atoms with van der Waals surface area (Å²) in [6.45, 7) is 3.02. The number of hydrogen-bond donors (Lipinski definition) is 1. The molecular formula is C14H20N2O2S. The van der Waals surface area contributed by atoms with Gasteiger partial charge in [0.05, 0.1) is 5.69 Å². The fourth-order valence-corrected chi connectivity index (χ4v) is 4.59. The lowest BCUT2D eigenvalue weighted by Crippen LogP contribution is -2.34. The number of carbonyl (C=O) groups is 1. The van der Waals surface area contributed by atoms with E-state index in [4.69, 9.17) is 0 Å². The maximum atomic E-state index is 11.2. The van der Waals surface area contributed by atoms with Crippen LogP contribution >= 0.6 is 11.3 Å². The number of thiazole rings is 1. The van der Waals surface area contributed by atoms with Crippen LogP contribution in [0.2, 0.25) is 0 Å². The number of carboxylic acids is 1. The van der Waals surface area contributed by atoms with Crippen LogP contribution < -0.4 is 4.90 Å². The monoisotopic (exact) mass is 280 g/mol. The van der Waals surface area contributed by atoms with E-state index in [-0.39, 0.29) is 0 Å². The third-order valence-corrected chi connectivity index (χ3v) is 5.59. The maximum absolute atomic E-state index is 11.2. The van der Waals surface area contributed by atoms with E-state index in [2.05, 4.69) is 9.88 Å². The Kier molecular flexibility index (Phi) is 3.48. The van der Waals surface area contributed by atoms with Crippen LogP contribution in [0, 0.1) is 5.92 Å². The van der Waals surface area contributed by atoms with E-state index in [0.717, 1.165) is 23.3 Å². The number of aromatic carboxylic acids is 1. The average Bonchev–Trinajstić information content (AvgIpc) is 3.01. The lowest BCUT2D eigenvalue weighted by Gasteiger charge is -2.31. The number of aromatic nitrogens is 1. The Morgan fingerprint density at radius 3 is 2.89 bits per heavy atom. The van der Waals surface area contributed by atoms with Crippen LogP contribution in [-0.4, -0.2) is 28.6 Å². The molecule has 1 N–H and O–H groups in total. The van der Waals surface area contributed by atoms with Crippen LogP contribution in [0.4, 0.5) is 5.13 Å². The minimum atomic E-state index is -0.833. The van der Waals surface area contributed by atoms with Crippen molar-refractivity contribution in [3.05, 3.63) is 10.6 Å². The first kappa shape index (κ1) is 12.9. The van der Waals surface area contributed by atoms with E-state index >= 15 is 0 Å². The third kappa shape index (κ3) is 2.24. The molecule has 104 valence electrons. The Labute approximate surface area is 117 Å². The van der Waals surface area contributed by atoms with Gasteiger partial charge in [0.15, 0.2) is 5.13 Å². The zero-order valence-electron chi connectivity index (χ0n) is 11.3. The molecule has 0 spiro atoms. The number of hydrogen-bond acceptors (Lipinski definition) is 4. The number of nitrogens with zero attached hydrogens (tertiary/aromatic N) is 2. The minimum absolute atomic E-state index is 0.428. The van der Waals surface area contributed by atoms with Gasteiger partial charge in [0.1, 0.15) is 4.88 Å². The van der Waals surface area contributed by atoms with Crippen LogP contribution in [0.25, 0.3) is 0 Å². The highest BCUT2D eigenvalue weighted by Gasteiger charge is 2.37. The van der Waals surface area contributed by atoms with Crippen molar-refractivity contribution in [2.45, 2.75) is 51.5 Å². The van der Waals surface area contributed by atoms with E-state index in [1.165, 1.54) is 43.4 Å². The summed E-state index contributed by atoms with van der Waals surface area (Å²) in [5, 5.41) is 10.2. The van der Waals surface area contributed by atoms with E-state index in [1.54, 1.807) is 0 Å². The van der Waals surface area contributed by atoms with Crippen molar-refractivity contribution in [3.63, 3.8) is 0 Å². The molecule has 4 nitrogen and oxygen atoms in total. The summed E-state index contributed by atoms with van der Waals surface area (Å²) < 4.78 is 0. The molecule has 2 atom stereocenters. The predicted molar refractivity (Wildman–Crippen MR) is 76.2 cm³/mol. The normalized spacial score (nSPS) is 26.5. The lowest BCUT2D eigenvalue weighted by molar-refractivity contribution is 0.0701. The molecule has 0 aromatic carbocycles. The van der Waals surface area contributed by atoms with Crippen molar-refractivity contribution in [2.75, 3.05) is 11.4 Å². The molecule has 2 aliphatic rings. The SMILES string of the molecule is CCc1nc(N2CCC3CCCCC32)sc1C(=O)O. The van der Waals surface area contributed by atoms with Crippen LogP contribution in [0.3, 0.4) is 0 Å². The van der Waals surface area contributed by atoms with Gasteiger partial charge in [-0.25, -0.2) is 9.78 Å². The Morgan fingerprint density at radius 1 is 1.42 bits per heavy atom. The summed E-state index contributed by atoms with van der Waals surface area (Å²) in [5.41, 5.74) is 0.742. The highest BCUT2D eigenvalue weighted by molar-refractivity contribution is 7.17. The smallest absolute Gasteiger partial charge is 0.347 e. The molecule has 1 aliphatic carbocycles. The van der Waals surface area contributed by atoms with Crippen molar-refractivity contribution in [1.82, 2.24) is 4.98 Å². The van der Waals surface area contributed by atoms with Gasteiger partial charge in [-0.05, 0) is 31.6 Å². The number of rotatable bonds is 3. The van der Waals surface area contributed by atoms with Crippen molar-refractivity contribution in [2.24, 2.45) is 5.92 Å². The van der Waals surface area contributed by atoms with Crippen molar-refractivity contribution >= 4 is 22.4 Å². The Hall–Kier alpha value is -1.10. The zero-order chi connectivity index (χ0) is 13.4. The predicted octanol–water partition coefficient (Wildman–Crippen LogP) is 3.17. The molecule has 0 bridgehead atoms. The molecule has 0 radical (unpaired) electrons. The van der Waals surface area contributed by atoms with E-state index < -0.39 is 5.97 Å². The van der Waals surface area contributed by atoms with Gasteiger partial charge in [0, 0.05) is 12.6 Å². The summed E-state index contributed by atoms with van der Waals surface area (Å²) in [6, 6.07) is 0.603. The molecule has 5 heteroatoms. The highest BCUT2D eigenvalue weighted by Crippen LogP contribution is 2.40. The molecule has 2 fully saturated rings. The van der Waals surface area contributed by atoms with Gasteiger partial charge in [-0.3, -0.25) is 0 Å². The van der Waals surface area contributed by atoms with Crippen LogP contribution in [-0.2, 0) is 6.42 Å². The van der Waals surface area contributed by atoms with Gasteiger partial charge in [0.25, 0.3) is 0 Å². The van der Waals surface area contributed by atoms with Crippen molar-refractivity contribution in [3.8, 4) is 0 Å². The molecule has 1 saturated heterocycles. The number of carboxylic acid groups (broad SMARTS) is 1. The largest absolute Gasteiger partial charge is 0.477 e. The van der Waals surface area contributed by atoms with Crippen LogP contribution in [0.1, 0.15) is 54.4 Å². The molecule has 3 rings (SSSR count). The van der Waals surface area contributed by atoms with Gasteiger partial charge in [-0.2, -0.15) is 0 Å². The summed E-state index contributed by atoms with van der Waals surface area (Å²) >= 11 is 1.36. The second-order valence-electron chi connectivity index (χ2n) is 5.52. The molecule has 1 saturated carbocycles. The number of fused-ring (bicyclic) bond motifs is 1. The van der Waals surface area contributed by atoms with Gasteiger partial charge >= 0.3 is 5.97 Å².